The van der Waals surface area contributed by atoms with Gasteiger partial charge in [-0.05, 0) is 24.6 Å². The van der Waals surface area contributed by atoms with Gasteiger partial charge in [0.1, 0.15) is 5.75 Å². The molecule has 0 aromatic heterocycles. The predicted octanol–water partition coefficient (Wildman–Crippen LogP) is 1.33. The molecule has 1 aliphatic heterocycles. The number of ether oxygens (including phenoxy) is 1. The van der Waals surface area contributed by atoms with E-state index in [4.69, 9.17) is 9.94 Å². The number of rotatable bonds is 4. The monoisotopic (exact) mass is 264 g/mol. The lowest BCUT2D eigenvalue weighted by Crippen LogP contribution is -2.39. The zero-order chi connectivity index (χ0) is 13.8. The highest BCUT2D eigenvalue weighted by Crippen LogP contribution is 2.33. The highest BCUT2D eigenvalue weighted by Gasteiger charge is 2.25. The molecule has 0 aliphatic carbocycles. The van der Waals surface area contributed by atoms with Gasteiger partial charge >= 0.3 is 0 Å². The lowest BCUT2D eigenvalue weighted by Gasteiger charge is -2.29. The molecule has 102 valence electrons. The lowest BCUT2D eigenvalue weighted by molar-refractivity contribution is -0.121. The van der Waals surface area contributed by atoms with Gasteiger partial charge in [-0.1, -0.05) is 13.3 Å². The van der Waals surface area contributed by atoms with E-state index in [0.29, 0.717) is 18.0 Å². The molecular formula is C13H16N2O4. The topological polar surface area (TPSA) is 78.9 Å². The first-order valence-electron chi connectivity index (χ1n) is 6.19. The lowest BCUT2D eigenvalue weighted by atomic mass is 10.1. The SMILES string of the molecule is CCCCN1C(=O)COc2ccc(C(=O)NO)cc21. The number of hydrogen-bond acceptors (Lipinski definition) is 4. The summed E-state index contributed by atoms with van der Waals surface area (Å²) < 4.78 is 5.33. The minimum Gasteiger partial charge on any atom is -0.482 e. The van der Waals surface area contributed by atoms with E-state index >= 15 is 0 Å². The molecule has 19 heavy (non-hydrogen) atoms. The highest BCUT2D eigenvalue weighted by atomic mass is 16.5. The molecule has 2 rings (SSSR count). The van der Waals surface area contributed by atoms with Crippen LogP contribution >= 0.6 is 0 Å². The second-order valence-corrected chi connectivity index (χ2v) is 4.31. The molecule has 0 bridgehead atoms. The first-order chi connectivity index (χ1) is 9.17. The van der Waals surface area contributed by atoms with Gasteiger partial charge in [-0.2, -0.15) is 0 Å². The molecule has 0 saturated heterocycles. The van der Waals surface area contributed by atoms with Crippen molar-refractivity contribution in [3.63, 3.8) is 0 Å². The molecule has 0 spiro atoms. The van der Waals surface area contributed by atoms with Crippen molar-refractivity contribution in [2.24, 2.45) is 0 Å². The molecule has 6 heteroatoms. The van der Waals surface area contributed by atoms with Gasteiger partial charge in [-0.3, -0.25) is 14.8 Å². The summed E-state index contributed by atoms with van der Waals surface area (Å²) in [5, 5.41) is 8.64. The summed E-state index contributed by atoms with van der Waals surface area (Å²) >= 11 is 0. The van der Waals surface area contributed by atoms with Crippen LogP contribution in [0.2, 0.25) is 0 Å². The average Bonchev–Trinajstić information content (AvgIpc) is 2.45. The van der Waals surface area contributed by atoms with Crippen LogP contribution in [0.4, 0.5) is 5.69 Å². The number of benzene rings is 1. The number of anilines is 1. The Kier molecular flexibility index (Phi) is 4.01. The Labute approximate surface area is 110 Å². The fraction of sp³-hybridized carbons (Fsp3) is 0.385. The predicted molar refractivity (Wildman–Crippen MR) is 68.5 cm³/mol. The zero-order valence-electron chi connectivity index (χ0n) is 10.7. The van der Waals surface area contributed by atoms with Gasteiger partial charge in [0.05, 0.1) is 5.69 Å². The van der Waals surface area contributed by atoms with Crippen molar-refractivity contribution in [2.75, 3.05) is 18.1 Å². The molecule has 1 aliphatic rings. The van der Waals surface area contributed by atoms with Gasteiger partial charge in [-0.25, -0.2) is 5.48 Å². The van der Waals surface area contributed by atoms with Crippen molar-refractivity contribution in [3.05, 3.63) is 23.8 Å². The second-order valence-electron chi connectivity index (χ2n) is 4.31. The van der Waals surface area contributed by atoms with Gasteiger partial charge in [0.2, 0.25) is 0 Å². The molecule has 2 N–H and O–H groups in total. The number of hydroxylamine groups is 1. The van der Waals surface area contributed by atoms with Crippen molar-refractivity contribution in [1.29, 1.82) is 0 Å². The third-order valence-electron chi connectivity index (χ3n) is 3.00. The summed E-state index contributed by atoms with van der Waals surface area (Å²) in [4.78, 5) is 24.9. The number of unbranched alkanes of at least 4 members (excludes halogenated alkanes) is 1. The van der Waals surface area contributed by atoms with Crippen molar-refractivity contribution >= 4 is 17.5 Å². The quantitative estimate of drug-likeness (QED) is 0.635. The van der Waals surface area contributed by atoms with E-state index in [1.54, 1.807) is 22.5 Å². The third kappa shape index (κ3) is 2.68. The van der Waals surface area contributed by atoms with E-state index < -0.39 is 5.91 Å². The standard InChI is InChI=1S/C13H16N2O4/c1-2-3-6-15-10-7-9(13(17)14-18)4-5-11(10)19-8-12(15)16/h4-5,7,18H,2-3,6,8H2,1H3,(H,14,17). The van der Waals surface area contributed by atoms with Crippen LogP contribution in [0, 0.1) is 0 Å². The Morgan fingerprint density at radius 3 is 3.00 bits per heavy atom. The van der Waals surface area contributed by atoms with Crippen molar-refractivity contribution in [2.45, 2.75) is 19.8 Å². The molecule has 6 nitrogen and oxygen atoms in total. The number of amides is 2. The molecule has 1 aromatic carbocycles. The van der Waals surface area contributed by atoms with E-state index in [1.165, 1.54) is 6.07 Å². The molecule has 1 aromatic rings. The minimum absolute atomic E-state index is 0.0161. The number of hydrogen-bond donors (Lipinski definition) is 2. The van der Waals surface area contributed by atoms with Gasteiger partial charge in [0.25, 0.3) is 11.8 Å². The average molecular weight is 264 g/mol. The van der Waals surface area contributed by atoms with Crippen LogP contribution in [0.15, 0.2) is 18.2 Å². The maximum Gasteiger partial charge on any atom is 0.274 e. The summed E-state index contributed by atoms with van der Waals surface area (Å²) in [6.07, 6.45) is 1.85. The van der Waals surface area contributed by atoms with Gasteiger partial charge < -0.3 is 9.64 Å². The first-order valence-corrected chi connectivity index (χ1v) is 6.19. The number of carbonyl (C=O) groups excluding carboxylic acids is 2. The van der Waals surface area contributed by atoms with Crippen LogP contribution in [0.5, 0.6) is 5.75 Å². The van der Waals surface area contributed by atoms with Crippen molar-refractivity contribution < 1.29 is 19.5 Å². The van der Waals surface area contributed by atoms with Crippen molar-refractivity contribution in [1.82, 2.24) is 5.48 Å². The van der Waals surface area contributed by atoms with Crippen LogP contribution in [-0.4, -0.2) is 30.2 Å². The normalized spacial score (nSPS) is 13.8. The minimum atomic E-state index is -0.615. The van der Waals surface area contributed by atoms with Crippen LogP contribution in [0.3, 0.4) is 0 Å². The van der Waals surface area contributed by atoms with Gasteiger partial charge in [0, 0.05) is 12.1 Å². The van der Waals surface area contributed by atoms with Gasteiger partial charge in [-0.15, -0.1) is 0 Å². The Morgan fingerprint density at radius 1 is 1.53 bits per heavy atom. The zero-order valence-corrected chi connectivity index (χ0v) is 10.7. The molecule has 0 unspecified atom stereocenters. The summed E-state index contributed by atoms with van der Waals surface area (Å²) in [5.74, 6) is -0.163. The summed E-state index contributed by atoms with van der Waals surface area (Å²) in [7, 11) is 0. The van der Waals surface area contributed by atoms with Crippen LogP contribution in [-0.2, 0) is 4.79 Å². The van der Waals surface area contributed by atoms with E-state index in [-0.39, 0.29) is 18.1 Å². The number of carbonyl (C=O) groups is 2. The van der Waals surface area contributed by atoms with E-state index in [2.05, 4.69) is 0 Å². The summed E-state index contributed by atoms with van der Waals surface area (Å²) in [6, 6.07) is 4.72. The van der Waals surface area contributed by atoms with Gasteiger partial charge in [0.15, 0.2) is 6.61 Å². The number of nitrogens with zero attached hydrogens (tertiary/aromatic N) is 1. The maximum absolute atomic E-state index is 11.9. The summed E-state index contributed by atoms with van der Waals surface area (Å²) in [5.41, 5.74) is 2.43. The molecule has 0 atom stereocenters. The molecular weight excluding hydrogens is 248 g/mol. The largest absolute Gasteiger partial charge is 0.482 e. The van der Waals surface area contributed by atoms with Crippen molar-refractivity contribution in [3.8, 4) is 5.75 Å². The fourth-order valence-corrected chi connectivity index (χ4v) is 1.97. The Balaban J connectivity index is 2.35. The summed E-state index contributed by atoms with van der Waals surface area (Å²) in [6.45, 7) is 2.65. The highest BCUT2D eigenvalue weighted by molar-refractivity contribution is 6.01. The van der Waals surface area contributed by atoms with E-state index in [1.807, 2.05) is 6.92 Å². The van der Waals surface area contributed by atoms with E-state index in [9.17, 15) is 9.59 Å². The van der Waals surface area contributed by atoms with E-state index in [0.717, 1.165) is 12.8 Å². The third-order valence-corrected chi connectivity index (χ3v) is 3.00. The smallest absolute Gasteiger partial charge is 0.274 e. The molecule has 2 amide bonds. The Bertz CT molecular complexity index is 501. The Morgan fingerprint density at radius 2 is 2.32 bits per heavy atom. The molecule has 0 fully saturated rings. The van der Waals surface area contributed by atoms with Crippen LogP contribution < -0.4 is 15.1 Å². The number of fused-ring (bicyclic) bond motifs is 1. The maximum atomic E-state index is 11.9. The molecule has 0 saturated carbocycles. The fourth-order valence-electron chi connectivity index (χ4n) is 1.97. The second kappa shape index (κ2) is 5.71. The molecule has 0 radical (unpaired) electrons. The van der Waals surface area contributed by atoms with Crippen LogP contribution in [0.25, 0.3) is 0 Å². The first kappa shape index (κ1) is 13.4. The van der Waals surface area contributed by atoms with Crippen LogP contribution in [0.1, 0.15) is 30.1 Å². The number of nitrogens with one attached hydrogen (secondary N) is 1. The molecule has 1 heterocycles. The Hall–Kier alpha value is -2.08.